The number of carbonyl (C=O) groups is 1. The molecule has 1 aromatic rings. The zero-order chi connectivity index (χ0) is 10.1. The third-order valence-electron chi connectivity index (χ3n) is 2.22. The lowest BCUT2D eigenvalue weighted by atomic mass is 10.3. The Bertz CT molecular complexity index is 352. The Morgan fingerprint density at radius 3 is 2.50 bits per heavy atom. The highest BCUT2D eigenvalue weighted by Crippen LogP contribution is 2.25. The summed E-state index contributed by atoms with van der Waals surface area (Å²) < 4.78 is 1.01. The van der Waals surface area contributed by atoms with Crippen molar-refractivity contribution in [1.82, 2.24) is 0 Å². The molecule has 1 saturated heterocycles. The van der Waals surface area contributed by atoms with Gasteiger partial charge in [-0.05, 0) is 24.3 Å². The van der Waals surface area contributed by atoms with Crippen molar-refractivity contribution in [1.29, 1.82) is 0 Å². The van der Waals surface area contributed by atoms with Crippen LogP contribution < -0.4 is 4.90 Å². The molecule has 0 radical (unpaired) electrons. The quantitative estimate of drug-likeness (QED) is 0.721. The number of anilines is 1. The molecule has 14 heavy (non-hydrogen) atoms. The van der Waals surface area contributed by atoms with Crippen molar-refractivity contribution in [3.05, 3.63) is 28.7 Å². The molecule has 0 bridgehead atoms. The Balaban J connectivity index is 2.23. The number of alkyl halides is 1. The minimum atomic E-state index is -0.0499. The van der Waals surface area contributed by atoms with Crippen LogP contribution in [0, 0.1) is 0 Å². The van der Waals surface area contributed by atoms with E-state index in [0.29, 0.717) is 13.0 Å². The van der Waals surface area contributed by atoms with Gasteiger partial charge in [-0.1, -0.05) is 15.9 Å². The third kappa shape index (κ3) is 1.93. The second-order valence-electron chi connectivity index (χ2n) is 3.28. The first-order valence-electron chi connectivity index (χ1n) is 4.37. The Morgan fingerprint density at radius 2 is 2.00 bits per heavy atom. The highest BCUT2D eigenvalue weighted by Gasteiger charge is 2.28. The summed E-state index contributed by atoms with van der Waals surface area (Å²) in [6.07, 6.45) is 0.442. The third-order valence-corrected chi connectivity index (χ3v) is 3.04. The smallest absolute Gasteiger partial charge is 0.228 e. The molecule has 4 heteroatoms. The van der Waals surface area contributed by atoms with E-state index in [1.807, 2.05) is 24.3 Å². The van der Waals surface area contributed by atoms with Crippen molar-refractivity contribution >= 4 is 39.1 Å². The number of nitrogens with zero attached hydrogens (tertiary/aromatic N) is 1. The molecule has 74 valence electrons. The molecule has 0 saturated carbocycles. The van der Waals surface area contributed by atoms with E-state index in [0.717, 1.165) is 10.2 Å². The lowest BCUT2D eigenvalue weighted by molar-refractivity contribution is -0.117. The van der Waals surface area contributed by atoms with Gasteiger partial charge in [-0.15, -0.1) is 11.6 Å². The second-order valence-corrected chi connectivity index (χ2v) is 4.82. The topological polar surface area (TPSA) is 20.3 Å². The number of benzene rings is 1. The first-order chi connectivity index (χ1) is 6.66. The van der Waals surface area contributed by atoms with E-state index in [1.165, 1.54) is 0 Å². The molecule has 0 N–H and O–H groups in total. The fourth-order valence-corrected chi connectivity index (χ4v) is 2.07. The predicted molar refractivity (Wildman–Crippen MR) is 60.8 cm³/mol. The summed E-state index contributed by atoms with van der Waals surface area (Å²) in [6, 6.07) is 7.67. The summed E-state index contributed by atoms with van der Waals surface area (Å²) in [5, 5.41) is -0.0499. The van der Waals surface area contributed by atoms with E-state index in [2.05, 4.69) is 15.9 Å². The summed E-state index contributed by atoms with van der Waals surface area (Å²) in [7, 11) is 0. The van der Waals surface area contributed by atoms with Crippen molar-refractivity contribution in [2.45, 2.75) is 11.8 Å². The molecule has 1 heterocycles. The first-order valence-corrected chi connectivity index (χ1v) is 5.60. The van der Waals surface area contributed by atoms with E-state index in [4.69, 9.17) is 11.6 Å². The molecule has 1 amide bonds. The lowest BCUT2D eigenvalue weighted by Gasteiger charge is -2.15. The van der Waals surface area contributed by atoms with Crippen LogP contribution in [0.4, 0.5) is 5.69 Å². The molecule has 2 rings (SSSR count). The maximum Gasteiger partial charge on any atom is 0.228 e. The molecular weight excluding hydrogens is 265 g/mol. The van der Waals surface area contributed by atoms with Crippen molar-refractivity contribution in [2.24, 2.45) is 0 Å². The number of hydrogen-bond donors (Lipinski definition) is 0. The van der Waals surface area contributed by atoms with Crippen molar-refractivity contribution in [3.63, 3.8) is 0 Å². The molecule has 1 atom stereocenters. The first kappa shape index (κ1) is 9.99. The lowest BCUT2D eigenvalue weighted by Crippen LogP contribution is -2.24. The monoisotopic (exact) mass is 273 g/mol. The minimum Gasteiger partial charge on any atom is -0.311 e. The summed E-state index contributed by atoms with van der Waals surface area (Å²) in [4.78, 5) is 13.2. The van der Waals surface area contributed by atoms with Crippen LogP contribution in [0.2, 0.25) is 0 Å². The largest absolute Gasteiger partial charge is 0.311 e. The van der Waals surface area contributed by atoms with Gasteiger partial charge in [-0.2, -0.15) is 0 Å². The van der Waals surface area contributed by atoms with E-state index in [-0.39, 0.29) is 11.3 Å². The Morgan fingerprint density at radius 1 is 1.36 bits per heavy atom. The van der Waals surface area contributed by atoms with Gasteiger partial charge in [-0.3, -0.25) is 4.79 Å². The molecule has 0 aromatic heterocycles. The molecule has 1 fully saturated rings. The Hall–Kier alpha value is -0.540. The van der Waals surface area contributed by atoms with Gasteiger partial charge in [0.05, 0.1) is 5.38 Å². The van der Waals surface area contributed by atoms with Gasteiger partial charge in [-0.25, -0.2) is 0 Å². The molecule has 1 aliphatic rings. The molecule has 0 spiro atoms. The number of amides is 1. The van der Waals surface area contributed by atoms with Crippen LogP contribution in [0.25, 0.3) is 0 Å². The standard InChI is InChI=1S/C10H9BrClNO/c11-7-1-3-9(4-2-7)13-6-8(12)5-10(13)14/h1-4,8H,5-6H2. The van der Waals surface area contributed by atoms with Gasteiger partial charge in [0.1, 0.15) is 0 Å². The van der Waals surface area contributed by atoms with Gasteiger partial charge in [0.15, 0.2) is 0 Å². The highest BCUT2D eigenvalue weighted by molar-refractivity contribution is 9.10. The van der Waals surface area contributed by atoms with Gasteiger partial charge in [0.25, 0.3) is 0 Å². The maximum atomic E-state index is 11.5. The fraction of sp³-hybridized carbons (Fsp3) is 0.300. The minimum absolute atomic E-state index is 0.0499. The number of rotatable bonds is 1. The molecule has 1 unspecified atom stereocenters. The van der Waals surface area contributed by atoms with Crippen molar-refractivity contribution < 1.29 is 4.79 Å². The van der Waals surface area contributed by atoms with E-state index in [9.17, 15) is 4.79 Å². The Labute approximate surface area is 96.0 Å². The second kappa shape index (κ2) is 3.91. The zero-order valence-corrected chi connectivity index (χ0v) is 9.75. The number of carbonyl (C=O) groups excluding carboxylic acids is 1. The van der Waals surface area contributed by atoms with E-state index < -0.39 is 0 Å². The van der Waals surface area contributed by atoms with Crippen molar-refractivity contribution in [2.75, 3.05) is 11.4 Å². The van der Waals surface area contributed by atoms with Gasteiger partial charge < -0.3 is 4.90 Å². The Kier molecular flexibility index (Phi) is 2.79. The highest BCUT2D eigenvalue weighted by atomic mass is 79.9. The number of halogens is 2. The zero-order valence-electron chi connectivity index (χ0n) is 7.41. The van der Waals surface area contributed by atoms with Gasteiger partial charge in [0.2, 0.25) is 5.91 Å². The van der Waals surface area contributed by atoms with Crippen LogP contribution in [-0.4, -0.2) is 17.8 Å². The number of hydrogen-bond acceptors (Lipinski definition) is 1. The molecular formula is C10H9BrClNO. The van der Waals surface area contributed by atoms with E-state index >= 15 is 0 Å². The SMILES string of the molecule is O=C1CC(Cl)CN1c1ccc(Br)cc1. The molecule has 2 nitrogen and oxygen atoms in total. The average molecular weight is 275 g/mol. The van der Waals surface area contributed by atoms with Crippen LogP contribution in [-0.2, 0) is 4.79 Å². The fourth-order valence-electron chi connectivity index (χ4n) is 1.53. The predicted octanol–water partition coefficient (Wildman–Crippen LogP) is 2.79. The van der Waals surface area contributed by atoms with Gasteiger partial charge in [0, 0.05) is 23.1 Å². The summed E-state index contributed by atoms with van der Waals surface area (Å²) >= 11 is 9.26. The average Bonchev–Trinajstić information content (AvgIpc) is 2.47. The summed E-state index contributed by atoms with van der Waals surface area (Å²) in [5.74, 6) is 0.104. The van der Waals surface area contributed by atoms with Gasteiger partial charge >= 0.3 is 0 Å². The van der Waals surface area contributed by atoms with Crippen LogP contribution in [0.3, 0.4) is 0 Å². The van der Waals surface area contributed by atoms with Crippen molar-refractivity contribution in [3.8, 4) is 0 Å². The summed E-state index contributed by atoms with van der Waals surface area (Å²) in [6.45, 7) is 0.613. The van der Waals surface area contributed by atoms with Crippen LogP contribution >= 0.6 is 27.5 Å². The van der Waals surface area contributed by atoms with Crippen LogP contribution in [0.15, 0.2) is 28.7 Å². The normalized spacial score (nSPS) is 21.7. The summed E-state index contributed by atoms with van der Waals surface area (Å²) in [5.41, 5.74) is 0.918. The maximum absolute atomic E-state index is 11.5. The van der Waals surface area contributed by atoms with E-state index in [1.54, 1.807) is 4.90 Å². The molecule has 1 aliphatic heterocycles. The van der Waals surface area contributed by atoms with Crippen LogP contribution in [0.1, 0.15) is 6.42 Å². The van der Waals surface area contributed by atoms with Crippen LogP contribution in [0.5, 0.6) is 0 Å². The molecule has 0 aliphatic carbocycles. The molecule has 1 aromatic carbocycles.